The Labute approximate surface area is 175 Å². The number of hydrogen-bond acceptors (Lipinski definition) is 4. The molecule has 0 saturated carbocycles. The number of aromatic nitrogens is 3. The van der Waals surface area contributed by atoms with E-state index in [1.807, 2.05) is 55.3 Å². The minimum atomic E-state index is 0.163. The van der Waals surface area contributed by atoms with Gasteiger partial charge < -0.3 is 9.42 Å². The number of hydrogen-bond donors (Lipinski definition) is 0. The molecule has 3 heterocycles. The van der Waals surface area contributed by atoms with Gasteiger partial charge in [-0.2, -0.15) is 5.10 Å². The van der Waals surface area contributed by atoms with E-state index >= 15 is 0 Å². The molecular formula is C24H21N5O. The Hall–Kier alpha value is -3.85. The molecule has 0 radical (unpaired) electrons. The number of nitrogens with zero attached hydrogens (tertiary/aromatic N) is 5. The van der Waals surface area contributed by atoms with Gasteiger partial charge >= 0.3 is 0 Å². The maximum absolute atomic E-state index is 7.24. The first-order valence-corrected chi connectivity index (χ1v) is 9.90. The zero-order chi connectivity index (χ0) is 20.8. The van der Waals surface area contributed by atoms with E-state index in [9.17, 15) is 0 Å². The second-order valence-corrected chi connectivity index (χ2v) is 7.78. The van der Waals surface area contributed by atoms with Gasteiger partial charge in [0.1, 0.15) is 5.76 Å². The zero-order valence-corrected chi connectivity index (χ0v) is 17.1. The Balaban J connectivity index is 1.73. The lowest BCUT2D eigenvalue weighted by molar-refractivity contribution is 0.364. The number of benzene rings is 2. The lowest BCUT2D eigenvalue weighted by Gasteiger charge is -2.27. The molecule has 0 amide bonds. The second-order valence-electron chi connectivity index (χ2n) is 7.78. The summed E-state index contributed by atoms with van der Waals surface area (Å²) in [5.41, 5.74) is 8.05. The van der Waals surface area contributed by atoms with Crippen LogP contribution in [0.25, 0.3) is 27.1 Å². The first-order chi connectivity index (χ1) is 14.5. The Morgan fingerprint density at radius 2 is 1.93 bits per heavy atom. The summed E-state index contributed by atoms with van der Waals surface area (Å²) in [5.74, 6) is 1.08. The van der Waals surface area contributed by atoms with Crippen LogP contribution in [0.4, 0.5) is 17.1 Å². The van der Waals surface area contributed by atoms with Crippen LogP contribution in [0.2, 0.25) is 0 Å². The predicted molar refractivity (Wildman–Crippen MR) is 117 cm³/mol. The minimum Gasteiger partial charge on any atom is -0.360 e. The van der Waals surface area contributed by atoms with Gasteiger partial charge in [0.05, 0.1) is 18.5 Å². The van der Waals surface area contributed by atoms with Crippen molar-refractivity contribution in [1.29, 1.82) is 0 Å². The molecule has 0 spiro atoms. The highest BCUT2D eigenvalue weighted by molar-refractivity contribution is 5.89. The molecule has 2 aromatic heterocycles. The second kappa shape index (κ2) is 6.89. The van der Waals surface area contributed by atoms with E-state index in [4.69, 9.17) is 11.1 Å². The molecule has 148 valence electrons. The number of aryl methyl sites for hydroxylation is 2. The molecule has 5 rings (SSSR count). The van der Waals surface area contributed by atoms with Crippen molar-refractivity contribution in [1.82, 2.24) is 14.9 Å². The Bertz CT molecular complexity index is 1280. The first kappa shape index (κ1) is 18.2. The van der Waals surface area contributed by atoms with Crippen molar-refractivity contribution in [3.8, 4) is 22.3 Å². The summed E-state index contributed by atoms with van der Waals surface area (Å²) in [6, 6.07) is 14.3. The SMILES string of the molecule is [C-]#[N+]c1ccc(N2CC(C)c3onc(C)c3-c3ccc(-c4cnn(C)c4)cc32)cc1. The molecule has 1 atom stereocenters. The van der Waals surface area contributed by atoms with Gasteiger partial charge in [-0.25, -0.2) is 4.85 Å². The van der Waals surface area contributed by atoms with Gasteiger partial charge in [-0.1, -0.05) is 36.3 Å². The Kier molecular flexibility index (Phi) is 4.18. The molecular weight excluding hydrogens is 374 g/mol. The van der Waals surface area contributed by atoms with Crippen molar-refractivity contribution in [2.45, 2.75) is 19.8 Å². The van der Waals surface area contributed by atoms with E-state index in [-0.39, 0.29) is 5.92 Å². The molecule has 30 heavy (non-hydrogen) atoms. The molecule has 0 fully saturated rings. The van der Waals surface area contributed by atoms with Gasteiger partial charge in [0.15, 0.2) is 5.69 Å². The smallest absolute Gasteiger partial charge is 0.187 e. The van der Waals surface area contributed by atoms with Crippen LogP contribution in [0.15, 0.2) is 59.4 Å². The lowest BCUT2D eigenvalue weighted by atomic mass is 9.96. The lowest BCUT2D eigenvalue weighted by Crippen LogP contribution is -2.21. The fourth-order valence-corrected chi connectivity index (χ4v) is 4.17. The summed E-state index contributed by atoms with van der Waals surface area (Å²) in [4.78, 5) is 5.83. The average molecular weight is 395 g/mol. The molecule has 4 aromatic rings. The molecule has 1 unspecified atom stereocenters. The van der Waals surface area contributed by atoms with Crippen molar-refractivity contribution >= 4 is 17.1 Å². The van der Waals surface area contributed by atoms with Crippen LogP contribution in [0.3, 0.4) is 0 Å². The highest BCUT2D eigenvalue weighted by Crippen LogP contribution is 2.46. The van der Waals surface area contributed by atoms with E-state index in [1.165, 1.54) is 0 Å². The molecule has 2 aromatic carbocycles. The number of rotatable bonds is 2. The zero-order valence-electron chi connectivity index (χ0n) is 17.1. The highest BCUT2D eigenvalue weighted by atomic mass is 16.5. The third-order valence-corrected chi connectivity index (χ3v) is 5.68. The number of anilines is 2. The van der Waals surface area contributed by atoms with Crippen molar-refractivity contribution in [3.63, 3.8) is 0 Å². The summed E-state index contributed by atoms with van der Waals surface area (Å²) < 4.78 is 7.56. The van der Waals surface area contributed by atoms with Crippen LogP contribution in [0.1, 0.15) is 24.3 Å². The average Bonchev–Trinajstić information content (AvgIpc) is 3.34. The molecule has 0 bridgehead atoms. The van der Waals surface area contributed by atoms with Gasteiger partial charge in [-0.3, -0.25) is 4.68 Å². The van der Waals surface area contributed by atoms with Crippen LogP contribution in [-0.4, -0.2) is 21.5 Å². The summed E-state index contributed by atoms with van der Waals surface area (Å²) >= 11 is 0. The summed E-state index contributed by atoms with van der Waals surface area (Å²) in [6.07, 6.45) is 3.90. The number of fused-ring (bicyclic) bond motifs is 3. The van der Waals surface area contributed by atoms with Gasteiger partial charge in [0.25, 0.3) is 0 Å². The van der Waals surface area contributed by atoms with Crippen molar-refractivity contribution in [3.05, 3.63) is 77.7 Å². The van der Waals surface area contributed by atoms with Crippen LogP contribution < -0.4 is 4.90 Å². The molecule has 0 aliphatic carbocycles. The fraction of sp³-hybridized carbons (Fsp3) is 0.208. The summed E-state index contributed by atoms with van der Waals surface area (Å²) in [7, 11) is 1.92. The largest absolute Gasteiger partial charge is 0.360 e. The van der Waals surface area contributed by atoms with E-state index in [1.54, 1.807) is 0 Å². The maximum Gasteiger partial charge on any atom is 0.187 e. The van der Waals surface area contributed by atoms with E-state index < -0.39 is 0 Å². The van der Waals surface area contributed by atoms with Crippen LogP contribution in [-0.2, 0) is 7.05 Å². The van der Waals surface area contributed by atoms with E-state index in [0.717, 1.165) is 51.6 Å². The van der Waals surface area contributed by atoms with Gasteiger partial charge in [0, 0.05) is 53.8 Å². The summed E-state index contributed by atoms with van der Waals surface area (Å²) in [6.45, 7) is 12.2. The summed E-state index contributed by atoms with van der Waals surface area (Å²) in [5, 5.41) is 8.58. The monoisotopic (exact) mass is 395 g/mol. The van der Waals surface area contributed by atoms with E-state index in [0.29, 0.717) is 5.69 Å². The van der Waals surface area contributed by atoms with Crippen molar-refractivity contribution < 1.29 is 4.52 Å². The minimum absolute atomic E-state index is 0.163. The predicted octanol–water partition coefficient (Wildman–Crippen LogP) is 5.86. The topological polar surface area (TPSA) is 51.5 Å². The van der Waals surface area contributed by atoms with Crippen molar-refractivity contribution in [2.75, 3.05) is 11.4 Å². The van der Waals surface area contributed by atoms with Crippen molar-refractivity contribution in [2.24, 2.45) is 7.05 Å². The van der Waals surface area contributed by atoms with Gasteiger partial charge in [-0.05, 0) is 30.7 Å². The fourth-order valence-electron chi connectivity index (χ4n) is 4.17. The maximum atomic E-state index is 7.24. The highest BCUT2D eigenvalue weighted by Gasteiger charge is 2.30. The van der Waals surface area contributed by atoms with Gasteiger partial charge in [-0.15, -0.1) is 0 Å². The molecule has 6 heteroatoms. The Morgan fingerprint density at radius 3 is 2.63 bits per heavy atom. The molecule has 1 aliphatic heterocycles. The third kappa shape index (κ3) is 2.87. The molecule has 1 aliphatic rings. The van der Waals surface area contributed by atoms with Crippen LogP contribution in [0, 0.1) is 13.5 Å². The Morgan fingerprint density at radius 1 is 1.13 bits per heavy atom. The normalized spacial score (nSPS) is 15.3. The quantitative estimate of drug-likeness (QED) is 0.399. The van der Waals surface area contributed by atoms with Gasteiger partial charge in [0.2, 0.25) is 0 Å². The van der Waals surface area contributed by atoms with Crippen LogP contribution >= 0.6 is 0 Å². The third-order valence-electron chi connectivity index (χ3n) is 5.68. The first-order valence-electron chi connectivity index (χ1n) is 9.90. The van der Waals surface area contributed by atoms with E-state index in [2.05, 4.69) is 45.1 Å². The van der Waals surface area contributed by atoms with Crippen LogP contribution in [0.5, 0.6) is 0 Å². The molecule has 0 N–H and O–H groups in total. The standard InChI is InChI=1S/C24H21N5O/c1-15-13-29(20-8-6-19(25-3)7-9-20)22-11-17(18-12-26-28(4)14-18)5-10-21(22)23-16(2)27-30-24(15)23/h5-12,14-15H,13H2,1-2,4H3. The molecule has 0 saturated heterocycles. The molecule has 6 nitrogen and oxygen atoms in total.